The highest BCUT2D eigenvalue weighted by atomic mass is 35.5. The van der Waals surface area contributed by atoms with E-state index < -0.39 is 0 Å². The number of halogens is 2. The van der Waals surface area contributed by atoms with Crippen LogP contribution in [-0.4, -0.2) is 23.0 Å². The van der Waals surface area contributed by atoms with Gasteiger partial charge in [0.1, 0.15) is 12.4 Å². The fraction of sp³-hybridized carbons (Fsp3) is 0.118. The van der Waals surface area contributed by atoms with Crippen molar-refractivity contribution in [3.05, 3.63) is 63.6 Å². The summed E-state index contributed by atoms with van der Waals surface area (Å²) < 4.78 is 5.76. The second-order valence-electron chi connectivity index (χ2n) is 5.10. The molecule has 2 aromatic carbocycles. The van der Waals surface area contributed by atoms with Crippen LogP contribution in [0.1, 0.15) is 11.1 Å². The van der Waals surface area contributed by atoms with Gasteiger partial charge in [0.05, 0.1) is 22.0 Å². The number of hydrogen-bond donors (Lipinski definition) is 1. The molecule has 0 radical (unpaired) electrons. The van der Waals surface area contributed by atoms with Gasteiger partial charge in [-0.1, -0.05) is 53.2 Å². The Morgan fingerprint density at radius 1 is 1.20 bits per heavy atom. The molecular weight excluding hydrogens is 381 g/mol. The lowest BCUT2D eigenvalue weighted by molar-refractivity contribution is -0.116. The van der Waals surface area contributed by atoms with E-state index in [2.05, 4.69) is 15.5 Å². The van der Waals surface area contributed by atoms with Gasteiger partial charge in [0.25, 0.3) is 0 Å². The molecule has 1 heterocycles. The minimum Gasteiger partial charge on any atom is -0.489 e. The van der Waals surface area contributed by atoms with Crippen LogP contribution in [0.25, 0.3) is 0 Å². The third-order valence-electron chi connectivity index (χ3n) is 3.19. The molecular formula is C17H13Cl2N3O2S. The first-order chi connectivity index (χ1) is 12.1. The van der Waals surface area contributed by atoms with Gasteiger partial charge in [0.2, 0.25) is 5.91 Å². The Bertz CT molecular complexity index is 856. The molecule has 0 bridgehead atoms. The summed E-state index contributed by atoms with van der Waals surface area (Å²) in [5, 5.41) is 12.1. The fourth-order valence-corrected chi connectivity index (χ4v) is 2.96. The van der Waals surface area contributed by atoms with Crippen LogP contribution in [0.4, 0.5) is 0 Å². The minimum absolute atomic E-state index is 0.0587. The van der Waals surface area contributed by atoms with Crippen molar-refractivity contribution < 1.29 is 9.53 Å². The highest BCUT2D eigenvalue weighted by Crippen LogP contribution is 2.23. The quantitative estimate of drug-likeness (QED) is 0.613. The molecule has 5 nitrogen and oxygen atoms in total. The van der Waals surface area contributed by atoms with Gasteiger partial charge in [0, 0.05) is 0 Å². The van der Waals surface area contributed by atoms with Gasteiger partial charge in [-0.25, -0.2) is 0 Å². The molecule has 1 fully saturated rings. The molecule has 25 heavy (non-hydrogen) atoms. The van der Waals surface area contributed by atoms with E-state index in [1.807, 2.05) is 30.3 Å². The lowest BCUT2D eigenvalue weighted by atomic mass is 10.2. The summed E-state index contributed by atoms with van der Waals surface area (Å²) >= 11 is 13.2. The molecule has 3 rings (SSSR count). The highest BCUT2D eigenvalue weighted by Gasteiger charge is 2.15. The number of nitrogens with one attached hydrogen (secondary N) is 1. The van der Waals surface area contributed by atoms with E-state index in [1.165, 1.54) is 11.8 Å². The molecule has 1 saturated heterocycles. The van der Waals surface area contributed by atoms with E-state index in [4.69, 9.17) is 27.9 Å². The van der Waals surface area contributed by atoms with Crippen molar-refractivity contribution in [1.82, 2.24) is 5.32 Å². The molecule has 1 amide bonds. The number of rotatable bonds is 5. The third kappa shape index (κ3) is 5.22. The molecule has 0 atom stereocenters. The van der Waals surface area contributed by atoms with Crippen molar-refractivity contribution in [2.24, 2.45) is 10.2 Å². The van der Waals surface area contributed by atoms with E-state index in [9.17, 15) is 4.79 Å². The number of amidine groups is 1. The van der Waals surface area contributed by atoms with E-state index in [-0.39, 0.29) is 5.91 Å². The summed E-state index contributed by atoms with van der Waals surface area (Å²) in [6, 6.07) is 12.8. The zero-order valence-electron chi connectivity index (χ0n) is 12.9. The van der Waals surface area contributed by atoms with Crippen molar-refractivity contribution in [1.29, 1.82) is 0 Å². The summed E-state index contributed by atoms with van der Waals surface area (Å²) in [7, 11) is 0. The largest absolute Gasteiger partial charge is 0.489 e. The SMILES string of the molecule is O=C1CSC(=N/N=C/c2cccc(OCc3ccc(Cl)c(Cl)c3)c2)N1. The van der Waals surface area contributed by atoms with Crippen molar-refractivity contribution >= 4 is 52.3 Å². The van der Waals surface area contributed by atoms with Gasteiger partial charge in [-0.05, 0) is 35.4 Å². The molecule has 2 aromatic rings. The number of amides is 1. The van der Waals surface area contributed by atoms with Crippen molar-refractivity contribution in [3.8, 4) is 5.75 Å². The fourth-order valence-electron chi connectivity index (χ4n) is 2.01. The summed E-state index contributed by atoms with van der Waals surface area (Å²) in [5.74, 6) is 1.02. The Morgan fingerprint density at radius 2 is 2.08 bits per heavy atom. The maximum Gasteiger partial charge on any atom is 0.236 e. The van der Waals surface area contributed by atoms with Gasteiger partial charge in [-0.2, -0.15) is 5.10 Å². The number of benzene rings is 2. The summed E-state index contributed by atoms with van der Waals surface area (Å²) in [6.45, 7) is 0.377. The van der Waals surface area contributed by atoms with Crippen LogP contribution < -0.4 is 10.1 Å². The van der Waals surface area contributed by atoms with E-state index >= 15 is 0 Å². The molecule has 8 heteroatoms. The van der Waals surface area contributed by atoms with Gasteiger partial charge < -0.3 is 10.1 Å². The maximum atomic E-state index is 11.1. The maximum absolute atomic E-state index is 11.1. The highest BCUT2D eigenvalue weighted by molar-refractivity contribution is 8.15. The second kappa shape index (κ2) is 8.38. The smallest absolute Gasteiger partial charge is 0.236 e. The number of carbonyl (C=O) groups excluding carboxylic acids is 1. The minimum atomic E-state index is -0.0587. The zero-order valence-corrected chi connectivity index (χ0v) is 15.2. The summed E-state index contributed by atoms with van der Waals surface area (Å²) in [4.78, 5) is 11.1. The molecule has 0 aliphatic carbocycles. The van der Waals surface area contributed by atoms with Crippen LogP contribution in [0, 0.1) is 0 Å². The topological polar surface area (TPSA) is 63.0 Å². The first-order valence-electron chi connectivity index (χ1n) is 7.30. The number of hydrogen-bond acceptors (Lipinski definition) is 5. The third-order valence-corrected chi connectivity index (χ3v) is 4.79. The molecule has 0 unspecified atom stereocenters. The van der Waals surface area contributed by atoms with Gasteiger partial charge in [0.15, 0.2) is 5.17 Å². The average Bonchev–Trinajstić information content (AvgIpc) is 3.02. The van der Waals surface area contributed by atoms with Crippen LogP contribution in [0.15, 0.2) is 52.7 Å². The van der Waals surface area contributed by atoms with Gasteiger partial charge in [-0.15, -0.1) is 5.10 Å². The number of thioether (sulfide) groups is 1. The Balaban J connectivity index is 1.61. The van der Waals surface area contributed by atoms with E-state index in [0.29, 0.717) is 33.3 Å². The first kappa shape index (κ1) is 17.8. The molecule has 0 saturated carbocycles. The average molecular weight is 394 g/mol. The molecule has 1 N–H and O–H groups in total. The van der Waals surface area contributed by atoms with Crippen LogP contribution in [0.5, 0.6) is 5.75 Å². The summed E-state index contributed by atoms with van der Waals surface area (Å²) in [6.07, 6.45) is 1.60. The molecule has 128 valence electrons. The Kier molecular flexibility index (Phi) is 5.96. The first-order valence-corrected chi connectivity index (χ1v) is 9.05. The normalized spacial score (nSPS) is 15.8. The van der Waals surface area contributed by atoms with Gasteiger partial charge in [-0.3, -0.25) is 4.79 Å². The lowest BCUT2D eigenvalue weighted by Crippen LogP contribution is -2.19. The standard InChI is InChI=1S/C17H13Cl2N3O2S/c18-14-5-4-12(7-15(14)19)9-24-13-3-1-2-11(6-13)8-20-22-17-21-16(23)10-25-17/h1-8H,9-10H2,(H,21,22,23)/b20-8+. The molecule has 0 spiro atoms. The van der Waals surface area contributed by atoms with Crippen molar-refractivity contribution in [2.45, 2.75) is 6.61 Å². The predicted molar refractivity (Wildman–Crippen MR) is 103 cm³/mol. The van der Waals surface area contributed by atoms with E-state index in [0.717, 1.165) is 11.1 Å². The molecule has 1 aliphatic rings. The summed E-state index contributed by atoms with van der Waals surface area (Å²) in [5.41, 5.74) is 1.76. The predicted octanol–water partition coefficient (Wildman–Crippen LogP) is 4.13. The Hall–Kier alpha value is -2.02. The van der Waals surface area contributed by atoms with Crippen LogP contribution in [0.3, 0.4) is 0 Å². The Morgan fingerprint density at radius 3 is 2.84 bits per heavy atom. The van der Waals surface area contributed by atoms with Crippen LogP contribution >= 0.6 is 35.0 Å². The number of carbonyl (C=O) groups is 1. The molecule has 1 aliphatic heterocycles. The number of nitrogens with zero attached hydrogens (tertiary/aromatic N) is 2. The monoisotopic (exact) mass is 393 g/mol. The van der Waals surface area contributed by atoms with Crippen LogP contribution in [-0.2, 0) is 11.4 Å². The second-order valence-corrected chi connectivity index (χ2v) is 6.87. The van der Waals surface area contributed by atoms with Crippen molar-refractivity contribution in [2.75, 3.05) is 5.75 Å². The van der Waals surface area contributed by atoms with Gasteiger partial charge >= 0.3 is 0 Å². The lowest BCUT2D eigenvalue weighted by Gasteiger charge is -2.07. The van der Waals surface area contributed by atoms with E-state index in [1.54, 1.807) is 18.3 Å². The number of ether oxygens (including phenoxy) is 1. The van der Waals surface area contributed by atoms with Crippen LogP contribution in [0.2, 0.25) is 10.0 Å². The molecule has 0 aromatic heterocycles. The zero-order chi connectivity index (χ0) is 17.6. The van der Waals surface area contributed by atoms with Crippen molar-refractivity contribution in [3.63, 3.8) is 0 Å². The Labute approximate surface area is 159 Å².